The Morgan fingerprint density at radius 1 is 1.45 bits per heavy atom. The molecule has 1 unspecified atom stereocenters. The van der Waals surface area contributed by atoms with Crippen molar-refractivity contribution >= 4 is 11.4 Å². The first-order valence-electron chi connectivity index (χ1n) is 6.80. The number of hydrogen-bond acceptors (Lipinski definition) is 3. The second kappa shape index (κ2) is 6.24. The molecule has 6 heteroatoms. The molecule has 2 rings (SSSR count). The summed E-state index contributed by atoms with van der Waals surface area (Å²) in [5.74, 6) is -0.747. The third kappa shape index (κ3) is 3.29. The van der Waals surface area contributed by atoms with Crippen molar-refractivity contribution in [1.82, 2.24) is 0 Å². The number of nitrogen functional groups attached to an aromatic ring is 1. The standard InChI is InChI=1S/C14H19F3N2O/c1-2-3-9-4-5-19(8-9)12-7-13(20-14(16)17)10(15)6-11(12)18/h6-7,9,14H,2-5,8,18H2,1H3. The van der Waals surface area contributed by atoms with E-state index in [9.17, 15) is 13.2 Å². The van der Waals surface area contributed by atoms with Crippen LogP contribution in [0.2, 0.25) is 0 Å². The van der Waals surface area contributed by atoms with E-state index in [0.717, 1.165) is 38.4 Å². The summed E-state index contributed by atoms with van der Waals surface area (Å²) in [7, 11) is 0. The van der Waals surface area contributed by atoms with E-state index in [4.69, 9.17) is 5.73 Å². The van der Waals surface area contributed by atoms with Gasteiger partial charge in [0, 0.05) is 25.2 Å². The van der Waals surface area contributed by atoms with E-state index in [-0.39, 0.29) is 5.69 Å². The Morgan fingerprint density at radius 2 is 2.20 bits per heavy atom. The van der Waals surface area contributed by atoms with Gasteiger partial charge >= 0.3 is 6.61 Å². The molecule has 1 fully saturated rings. The largest absolute Gasteiger partial charge is 0.432 e. The fraction of sp³-hybridized carbons (Fsp3) is 0.571. The average molecular weight is 288 g/mol. The van der Waals surface area contributed by atoms with Crippen molar-refractivity contribution < 1.29 is 17.9 Å². The highest BCUT2D eigenvalue weighted by atomic mass is 19.3. The van der Waals surface area contributed by atoms with Crippen LogP contribution in [0.15, 0.2) is 12.1 Å². The topological polar surface area (TPSA) is 38.5 Å². The SMILES string of the molecule is CCCC1CCN(c2cc(OC(F)F)c(F)cc2N)C1. The quantitative estimate of drug-likeness (QED) is 0.841. The maximum absolute atomic E-state index is 13.5. The fourth-order valence-electron chi connectivity index (χ4n) is 2.71. The van der Waals surface area contributed by atoms with Crippen LogP contribution in [-0.2, 0) is 0 Å². The van der Waals surface area contributed by atoms with Crippen LogP contribution in [0.3, 0.4) is 0 Å². The molecule has 0 radical (unpaired) electrons. The van der Waals surface area contributed by atoms with Gasteiger partial charge in [-0.15, -0.1) is 0 Å². The molecular formula is C14H19F3N2O. The summed E-state index contributed by atoms with van der Waals surface area (Å²) >= 11 is 0. The van der Waals surface area contributed by atoms with Gasteiger partial charge in [-0.05, 0) is 18.8 Å². The summed E-state index contributed by atoms with van der Waals surface area (Å²) in [6.45, 7) is 0.697. The summed E-state index contributed by atoms with van der Waals surface area (Å²) < 4.78 is 42.2. The summed E-state index contributed by atoms with van der Waals surface area (Å²) in [5, 5.41) is 0. The lowest BCUT2D eigenvalue weighted by Crippen LogP contribution is -2.21. The number of halogens is 3. The molecule has 0 aromatic heterocycles. The van der Waals surface area contributed by atoms with Gasteiger partial charge in [-0.3, -0.25) is 0 Å². The monoisotopic (exact) mass is 288 g/mol. The Kier molecular flexibility index (Phi) is 4.62. The Labute approximate surface area is 116 Å². The molecule has 1 aliphatic heterocycles. The molecule has 112 valence electrons. The Balaban J connectivity index is 2.19. The molecule has 1 atom stereocenters. The molecule has 20 heavy (non-hydrogen) atoms. The molecule has 1 aliphatic rings. The third-order valence-electron chi connectivity index (χ3n) is 3.62. The van der Waals surface area contributed by atoms with Gasteiger partial charge in [-0.25, -0.2) is 4.39 Å². The lowest BCUT2D eigenvalue weighted by molar-refractivity contribution is -0.0521. The molecule has 1 heterocycles. The third-order valence-corrected chi connectivity index (χ3v) is 3.62. The second-order valence-electron chi connectivity index (χ2n) is 5.11. The molecule has 0 aliphatic carbocycles. The second-order valence-corrected chi connectivity index (χ2v) is 5.11. The predicted octanol–water partition coefficient (Wildman–Crippen LogP) is 3.64. The van der Waals surface area contributed by atoms with Crippen LogP contribution in [0.4, 0.5) is 24.5 Å². The van der Waals surface area contributed by atoms with Gasteiger partial charge in [0.25, 0.3) is 0 Å². The first-order valence-corrected chi connectivity index (χ1v) is 6.80. The van der Waals surface area contributed by atoms with Gasteiger partial charge in [0.15, 0.2) is 11.6 Å². The number of rotatable bonds is 5. The predicted molar refractivity (Wildman–Crippen MR) is 72.7 cm³/mol. The van der Waals surface area contributed by atoms with E-state index in [0.29, 0.717) is 11.6 Å². The van der Waals surface area contributed by atoms with Crippen molar-refractivity contribution in [1.29, 1.82) is 0 Å². The van der Waals surface area contributed by atoms with Crippen molar-refractivity contribution in [3.05, 3.63) is 17.9 Å². The van der Waals surface area contributed by atoms with E-state index in [1.807, 2.05) is 4.90 Å². The van der Waals surface area contributed by atoms with Gasteiger partial charge in [0.1, 0.15) is 0 Å². The van der Waals surface area contributed by atoms with Crippen LogP contribution in [0.1, 0.15) is 26.2 Å². The fourth-order valence-corrected chi connectivity index (χ4v) is 2.71. The first kappa shape index (κ1) is 14.8. The summed E-state index contributed by atoms with van der Waals surface area (Å²) in [4.78, 5) is 2.01. The molecule has 1 saturated heterocycles. The molecule has 0 saturated carbocycles. The highest BCUT2D eigenvalue weighted by Crippen LogP contribution is 2.35. The Hall–Kier alpha value is -1.59. The van der Waals surface area contributed by atoms with Gasteiger partial charge < -0.3 is 15.4 Å². The summed E-state index contributed by atoms with van der Waals surface area (Å²) in [6.07, 6.45) is 3.27. The molecule has 0 amide bonds. The van der Waals surface area contributed by atoms with Gasteiger partial charge in [0.05, 0.1) is 11.4 Å². The van der Waals surface area contributed by atoms with Gasteiger partial charge in [-0.1, -0.05) is 13.3 Å². The minimum Gasteiger partial charge on any atom is -0.432 e. The number of alkyl halides is 2. The van der Waals surface area contributed by atoms with Crippen molar-refractivity contribution in [3.8, 4) is 5.75 Å². The van der Waals surface area contributed by atoms with E-state index in [2.05, 4.69) is 11.7 Å². The maximum atomic E-state index is 13.5. The van der Waals surface area contributed by atoms with Crippen molar-refractivity contribution in [2.75, 3.05) is 23.7 Å². The van der Waals surface area contributed by atoms with Crippen LogP contribution in [0.25, 0.3) is 0 Å². The average Bonchev–Trinajstić information content (AvgIpc) is 2.81. The minimum absolute atomic E-state index is 0.251. The van der Waals surface area contributed by atoms with E-state index >= 15 is 0 Å². The Morgan fingerprint density at radius 3 is 2.85 bits per heavy atom. The molecule has 0 spiro atoms. The van der Waals surface area contributed by atoms with Crippen molar-refractivity contribution in [3.63, 3.8) is 0 Å². The van der Waals surface area contributed by atoms with Crippen LogP contribution in [0, 0.1) is 11.7 Å². The highest BCUT2D eigenvalue weighted by Gasteiger charge is 2.25. The number of anilines is 2. The molecule has 1 aromatic rings. The highest BCUT2D eigenvalue weighted by molar-refractivity contribution is 5.70. The van der Waals surface area contributed by atoms with E-state index in [1.165, 1.54) is 6.07 Å². The number of ether oxygens (including phenoxy) is 1. The molecule has 1 aromatic carbocycles. The zero-order chi connectivity index (χ0) is 14.7. The van der Waals surface area contributed by atoms with Gasteiger partial charge in [-0.2, -0.15) is 8.78 Å². The summed E-state index contributed by atoms with van der Waals surface area (Å²) in [6, 6.07) is 2.31. The van der Waals surface area contributed by atoms with Gasteiger partial charge in [0.2, 0.25) is 0 Å². The number of nitrogens with two attached hydrogens (primary N) is 1. The van der Waals surface area contributed by atoms with Crippen molar-refractivity contribution in [2.24, 2.45) is 5.92 Å². The molecule has 2 N–H and O–H groups in total. The van der Waals surface area contributed by atoms with Crippen LogP contribution >= 0.6 is 0 Å². The van der Waals surface area contributed by atoms with Crippen LogP contribution < -0.4 is 15.4 Å². The lowest BCUT2D eigenvalue weighted by atomic mass is 10.0. The first-order chi connectivity index (χ1) is 9.51. The molecule has 3 nitrogen and oxygen atoms in total. The maximum Gasteiger partial charge on any atom is 0.387 e. The van der Waals surface area contributed by atoms with Crippen LogP contribution in [-0.4, -0.2) is 19.7 Å². The van der Waals surface area contributed by atoms with E-state index in [1.54, 1.807) is 0 Å². The molecular weight excluding hydrogens is 269 g/mol. The van der Waals surface area contributed by atoms with Crippen molar-refractivity contribution in [2.45, 2.75) is 32.8 Å². The number of hydrogen-bond donors (Lipinski definition) is 1. The number of benzene rings is 1. The van der Waals surface area contributed by atoms with Crippen LogP contribution in [0.5, 0.6) is 5.75 Å². The zero-order valence-corrected chi connectivity index (χ0v) is 11.4. The molecule has 0 bridgehead atoms. The lowest BCUT2D eigenvalue weighted by Gasteiger charge is -2.22. The van der Waals surface area contributed by atoms with E-state index < -0.39 is 18.2 Å². The normalized spacial score (nSPS) is 18.9. The Bertz CT molecular complexity index is 468. The summed E-state index contributed by atoms with van der Waals surface area (Å²) in [5.41, 5.74) is 6.62. The number of nitrogens with zero attached hydrogens (tertiary/aromatic N) is 1. The zero-order valence-electron chi connectivity index (χ0n) is 11.4. The minimum atomic E-state index is -3.05. The smallest absolute Gasteiger partial charge is 0.387 e.